The van der Waals surface area contributed by atoms with E-state index >= 15 is 0 Å². The van der Waals surface area contributed by atoms with Crippen molar-refractivity contribution in [2.45, 2.75) is 38.1 Å². The molecule has 0 bridgehead atoms. The van der Waals surface area contributed by atoms with Gasteiger partial charge in [-0.05, 0) is 12.8 Å². The van der Waals surface area contributed by atoms with Gasteiger partial charge in [0.1, 0.15) is 0 Å². The summed E-state index contributed by atoms with van der Waals surface area (Å²) >= 11 is 2.06. The Bertz CT molecular complexity index is 75.0. The molecule has 0 saturated carbocycles. The highest BCUT2D eigenvalue weighted by Gasteiger charge is 2.20. The number of rotatable bonds is 2. The maximum atomic E-state index is 3.55. The lowest BCUT2D eigenvalue weighted by atomic mass is 10.2. The van der Waals surface area contributed by atoms with Crippen LogP contribution in [0, 0.1) is 0 Å². The molecule has 1 rings (SSSR count). The van der Waals surface area contributed by atoms with Gasteiger partial charge in [0.05, 0.1) is 5.37 Å². The van der Waals surface area contributed by atoms with Crippen molar-refractivity contribution in [3.63, 3.8) is 0 Å². The Morgan fingerprint density at radius 2 is 2.22 bits per heavy atom. The second-order valence-electron chi connectivity index (χ2n) is 2.50. The van der Waals surface area contributed by atoms with Crippen molar-refractivity contribution in [2.75, 3.05) is 5.75 Å². The zero-order valence-corrected chi connectivity index (χ0v) is 7.00. The fourth-order valence-corrected chi connectivity index (χ4v) is 2.38. The molecule has 0 aromatic carbocycles. The fourth-order valence-electron chi connectivity index (χ4n) is 1.06. The van der Waals surface area contributed by atoms with Gasteiger partial charge in [0.25, 0.3) is 0 Å². The Labute approximate surface area is 61.6 Å². The Kier molecular flexibility index (Phi) is 2.86. The first-order chi connectivity index (χ1) is 4.36. The molecule has 9 heavy (non-hydrogen) atoms. The summed E-state index contributed by atoms with van der Waals surface area (Å²) in [4.78, 5) is 0. The Morgan fingerprint density at radius 1 is 1.44 bits per heavy atom. The summed E-state index contributed by atoms with van der Waals surface area (Å²) in [5.74, 6) is 1.31. The molecule has 2 unspecified atom stereocenters. The molecular formula is C7H15NS. The molecule has 2 atom stereocenters. The second kappa shape index (κ2) is 3.47. The highest BCUT2D eigenvalue weighted by molar-refractivity contribution is 8.00. The minimum absolute atomic E-state index is 0.745. The van der Waals surface area contributed by atoms with E-state index in [0.717, 1.165) is 11.4 Å². The molecule has 0 amide bonds. The maximum absolute atomic E-state index is 3.55. The lowest BCUT2D eigenvalue weighted by Gasteiger charge is -2.07. The van der Waals surface area contributed by atoms with Gasteiger partial charge in [0.2, 0.25) is 0 Å². The number of hydrogen-bond donors (Lipinski definition) is 1. The molecule has 2 heteroatoms. The fraction of sp³-hybridized carbons (Fsp3) is 1.00. The largest absolute Gasteiger partial charge is 0.302 e. The van der Waals surface area contributed by atoms with E-state index in [1.807, 2.05) is 0 Å². The number of nitrogens with one attached hydrogen (secondary N) is 1. The van der Waals surface area contributed by atoms with Crippen LogP contribution in [0.4, 0.5) is 0 Å². The zero-order valence-electron chi connectivity index (χ0n) is 6.18. The third-order valence-corrected chi connectivity index (χ3v) is 3.25. The molecule has 1 heterocycles. The monoisotopic (exact) mass is 145 g/mol. The minimum atomic E-state index is 0.745. The van der Waals surface area contributed by atoms with Gasteiger partial charge in [-0.1, -0.05) is 13.8 Å². The predicted octanol–water partition coefficient (Wildman–Crippen LogP) is 1.84. The SMILES string of the molecule is CCC1CSC(CC)N1. The third-order valence-electron chi connectivity index (χ3n) is 1.78. The highest BCUT2D eigenvalue weighted by atomic mass is 32.2. The molecule has 1 saturated heterocycles. The van der Waals surface area contributed by atoms with E-state index in [9.17, 15) is 0 Å². The topological polar surface area (TPSA) is 12.0 Å². The Morgan fingerprint density at radius 3 is 2.56 bits per heavy atom. The molecule has 1 N–H and O–H groups in total. The first-order valence-corrected chi connectivity index (χ1v) is 4.79. The van der Waals surface area contributed by atoms with Crippen LogP contribution in [0.3, 0.4) is 0 Å². The van der Waals surface area contributed by atoms with Crippen LogP contribution in [-0.4, -0.2) is 17.2 Å². The summed E-state index contributed by atoms with van der Waals surface area (Å²) in [5.41, 5.74) is 0. The van der Waals surface area contributed by atoms with Crippen molar-refractivity contribution < 1.29 is 0 Å². The van der Waals surface area contributed by atoms with E-state index in [1.165, 1.54) is 18.6 Å². The van der Waals surface area contributed by atoms with Crippen molar-refractivity contribution in [1.82, 2.24) is 5.32 Å². The molecular weight excluding hydrogens is 130 g/mol. The highest BCUT2D eigenvalue weighted by Crippen LogP contribution is 2.21. The van der Waals surface area contributed by atoms with Crippen molar-refractivity contribution in [3.8, 4) is 0 Å². The lowest BCUT2D eigenvalue weighted by molar-refractivity contribution is 0.543. The zero-order chi connectivity index (χ0) is 6.69. The molecule has 0 aromatic heterocycles. The molecule has 1 aliphatic heterocycles. The smallest absolute Gasteiger partial charge is 0.0532 e. The summed E-state index contributed by atoms with van der Waals surface area (Å²) in [6.07, 6.45) is 2.55. The van der Waals surface area contributed by atoms with Gasteiger partial charge in [-0.2, -0.15) is 0 Å². The van der Waals surface area contributed by atoms with E-state index in [-0.39, 0.29) is 0 Å². The van der Waals surface area contributed by atoms with E-state index in [1.54, 1.807) is 0 Å². The van der Waals surface area contributed by atoms with Crippen LogP contribution in [0.2, 0.25) is 0 Å². The normalized spacial score (nSPS) is 35.3. The maximum Gasteiger partial charge on any atom is 0.0532 e. The van der Waals surface area contributed by atoms with Crippen molar-refractivity contribution >= 4 is 11.8 Å². The van der Waals surface area contributed by atoms with E-state index in [4.69, 9.17) is 0 Å². The molecule has 1 nitrogen and oxygen atoms in total. The summed E-state index contributed by atoms with van der Waals surface area (Å²) in [7, 11) is 0. The molecule has 0 aliphatic carbocycles. The van der Waals surface area contributed by atoms with Crippen LogP contribution in [0.25, 0.3) is 0 Å². The van der Waals surface area contributed by atoms with Crippen LogP contribution < -0.4 is 5.32 Å². The first kappa shape index (κ1) is 7.42. The molecule has 0 aromatic rings. The van der Waals surface area contributed by atoms with Gasteiger partial charge >= 0.3 is 0 Å². The van der Waals surface area contributed by atoms with Crippen LogP contribution in [-0.2, 0) is 0 Å². The van der Waals surface area contributed by atoms with Crippen molar-refractivity contribution in [3.05, 3.63) is 0 Å². The van der Waals surface area contributed by atoms with Crippen LogP contribution in [0.15, 0.2) is 0 Å². The Hall–Kier alpha value is 0.310. The van der Waals surface area contributed by atoms with Crippen LogP contribution >= 0.6 is 11.8 Å². The number of thioether (sulfide) groups is 1. The van der Waals surface area contributed by atoms with Gasteiger partial charge in [-0.3, -0.25) is 0 Å². The number of hydrogen-bond acceptors (Lipinski definition) is 2. The second-order valence-corrected chi connectivity index (χ2v) is 3.74. The van der Waals surface area contributed by atoms with Crippen LogP contribution in [0.1, 0.15) is 26.7 Å². The third kappa shape index (κ3) is 1.87. The summed E-state index contributed by atoms with van der Waals surface area (Å²) in [6.45, 7) is 4.49. The van der Waals surface area contributed by atoms with E-state index < -0.39 is 0 Å². The van der Waals surface area contributed by atoms with E-state index in [0.29, 0.717) is 0 Å². The molecule has 1 aliphatic rings. The molecule has 1 fully saturated rings. The average Bonchev–Trinajstić information content (AvgIpc) is 2.34. The first-order valence-electron chi connectivity index (χ1n) is 3.74. The van der Waals surface area contributed by atoms with Gasteiger partial charge in [-0.15, -0.1) is 11.8 Å². The van der Waals surface area contributed by atoms with Gasteiger partial charge in [0.15, 0.2) is 0 Å². The molecule has 0 spiro atoms. The molecule has 0 radical (unpaired) electrons. The summed E-state index contributed by atoms with van der Waals surface area (Å²) < 4.78 is 0. The van der Waals surface area contributed by atoms with Gasteiger partial charge < -0.3 is 5.32 Å². The lowest BCUT2D eigenvalue weighted by Crippen LogP contribution is -2.28. The quantitative estimate of drug-likeness (QED) is 0.636. The van der Waals surface area contributed by atoms with E-state index in [2.05, 4.69) is 30.9 Å². The van der Waals surface area contributed by atoms with Gasteiger partial charge in [0, 0.05) is 11.8 Å². The standard InChI is InChI=1S/C7H15NS/c1-3-6-5-9-7(4-2)8-6/h6-8H,3-5H2,1-2H3. The van der Waals surface area contributed by atoms with Crippen molar-refractivity contribution in [2.24, 2.45) is 0 Å². The minimum Gasteiger partial charge on any atom is -0.302 e. The molecule has 54 valence electrons. The predicted molar refractivity (Wildman–Crippen MR) is 43.8 cm³/mol. The Balaban J connectivity index is 2.20. The van der Waals surface area contributed by atoms with Gasteiger partial charge in [-0.25, -0.2) is 0 Å². The van der Waals surface area contributed by atoms with Crippen LogP contribution in [0.5, 0.6) is 0 Å². The average molecular weight is 145 g/mol. The summed E-state index contributed by atoms with van der Waals surface area (Å²) in [6, 6.07) is 0.792. The van der Waals surface area contributed by atoms with Crippen molar-refractivity contribution in [1.29, 1.82) is 0 Å². The summed E-state index contributed by atoms with van der Waals surface area (Å²) in [5, 5.41) is 4.30.